The molecule has 0 aliphatic rings. The zero-order valence-corrected chi connectivity index (χ0v) is 15.2. The standard InChI is InChI=1S/C16H20N2OS.2ClH/c1-12-16(19)15(14(9-18-12)11-20-2)10-17-8-13-6-4-3-5-7-13;;/h3-7,9,17,19H,8,10-11H2,1-2H3;2*1H. The highest BCUT2D eigenvalue weighted by atomic mass is 35.5. The van der Waals surface area contributed by atoms with E-state index >= 15 is 0 Å². The SMILES string of the molecule is CSCc1cnc(C)c(O)c1CNCc1ccccc1.Cl.Cl. The quantitative estimate of drug-likeness (QED) is 0.813. The Kier molecular flexibility index (Phi) is 10.3. The third-order valence-corrected chi connectivity index (χ3v) is 3.80. The number of aromatic hydroxyl groups is 1. The van der Waals surface area contributed by atoms with Gasteiger partial charge < -0.3 is 10.4 Å². The summed E-state index contributed by atoms with van der Waals surface area (Å²) in [7, 11) is 0. The smallest absolute Gasteiger partial charge is 0.141 e. The minimum atomic E-state index is 0. The summed E-state index contributed by atoms with van der Waals surface area (Å²) in [4.78, 5) is 4.23. The number of nitrogens with one attached hydrogen (secondary N) is 1. The minimum absolute atomic E-state index is 0. The van der Waals surface area contributed by atoms with Crippen LogP contribution in [0.25, 0.3) is 0 Å². The van der Waals surface area contributed by atoms with Gasteiger partial charge in [-0.15, -0.1) is 24.8 Å². The molecule has 2 rings (SSSR count). The molecule has 122 valence electrons. The van der Waals surface area contributed by atoms with Crippen molar-refractivity contribution in [2.24, 2.45) is 0 Å². The molecular formula is C16H22Cl2N2OS. The Morgan fingerprint density at radius 3 is 2.45 bits per heavy atom. The molecule has 0 atom stereocenters. The van der Waals surface area contributed by atoms with Gasteiger partial charge in [-0.1, -0.05) is 30.3 Å². The van der Waals surface area contributed by atoms with Gasteiger partial charge in [-0.25, -0.2) is 0 Å². The van der Waals surface area contributed by atoms with Crippen LogP contribution in [0.4, 0.5) is 0 Å². The van der Waals surface area contributed by atoms with Gasteiger partial charge in [0.2, 0.25) is 0 Å². The Labute approximate surface area is 148 Å². The Morgan fingerprint density at radius 2 is 1.82 bits per heavy atom. The molecule has 0 amide bonds. The monoisotopic (exact) mass is 360 g/mol. The van der Waals surface area contributed by atoms with Crippen molar-refractivity contribution in [1.82, 2.24) is 10.3 Å². The molecule has 2 aromatic rings. The average Bonchev–Trinajstić information content (AvgIpc) is 2.47. The van der Waals surface area contributed by atoms with E-state index in [0.29, 0.717) is 18.0 Å². The third-order valence-electron chi connectivity index (χ3n) is 3.20. The van der Waals surface area contributed by atoms with E-state index in [2.05, 4.69) is 28.7 Å². The lowest BCUT2D eigenvalue weighted by molar-refractivity contribution is 0.455. The van der Waals surface area contributed by atoms with Crippen molar-refractivity contribution in [3.8, 4) is 5.75 Å². The first-order chi connectivity index (χ1) is 9.72. The number of thioether (sulfide) groups is 1. The van der Waals surface area contributed by atoms with E-state index in [4.69, 9.17) is 0 Å². The highest BCUT2D eigenvalue weighted by molar-refractivity contribution is 7.97. The van der Waals surface area contributed by atoms with E-state index in [-0.39, 0.29) is 24.8 Å². The van der Waals surface area contributed by atoms with E-state index in [1.165, 1.54) is 5.56 Å². The first-order valence-electron chi connectivity index (χ1n) is 6.62. The Hall–Kier alpha value is -0.940. The molecule has 2 N–H and O–H groups in total. The second-order valence-electron chi connectivity index (χ2n) is 4.72. The molecule has 0 unspecified atom stereocenters. The lowest BCUT2D eigenvalue weighted by Gasteiger charge is -2.13. The van der Waals surface area contributed by atoms with E-state index in [1.54, 1.807) is 11.8 Å². The van der Waals surface area contributed by atoms with Gasteiger partial charge in [0.05, 0.1) is 5.69 Å². The predicted molar refractivity (Wildman–Crippen MR) is 99.3 cm³/mol. The maximum absolute atomic E-state index is 10.2. The number of hydrogen-bond acceptors (Lipinski definition) is 4. The molecule has 3 nitrogen and oxygen atoms in total. The zero-order valence-electron chi connectivity index (χ0n) is 12.7. The van der Waals surface area contributed by atoms with Gasteiger partial charge in [-0.3, -0.25) is 4.98 Å². The lowest BCUT2D eigenvalue weighted by atomic mass is 10.1. The van der Waals surface area contributed by atoms with Crippen molar-refractivity contribution < 1.29 is 5.11 Å². The summed E-state index contributed by atoms with van der Waals surface area (Å²) in [5, 5.41) is 13.6. The normalized spacial score (nSPS) is 9.73. The van der Waals surface area contributed by atoms with E-state index < -0.39 is 0 Å². The average molecular weight is 361 g/mol. The fourth-order valence-corrected chi connectivity index (χ4v) is 2.65. The van der Waals surface area contributed by atoms with Crippen LogP contribution in [0.2, 0.25) is 0 Å². The van der Waals surface area contributed by atoms with Crippen molar-refractivity contribution in [3.63, 3.8) is 0 Å². The first-order valence-corrected chi connectivity index (χ1v) is 8.01. The van der Waals surface area contributed by atoms with Crippen LogP contribution in [0, 0.1) is 6.92 Å². The van der Waals surface area contributed by atoms with E-state index in [1.807, 2.05) is 31.3 Å². The first kappa shape index (κ1) is 21.1. The highest BCUT2D eigenvalue weighted by Crippen LogP contribution is 2.25. The van der Waals surface area contributed by atoms with Gasteiger partial charge >= 0.3 is 0 Å². The zero-order chi connectivity index (χ0) is 14.4. The maximum Gasteiger partial charge on any atom is 0.141 e. The number of rotatable bonds is 6. The van der Waals surface area contributed by atoms with Crippen molar-refractivity contribution >= 4 is 36.6 Å². The van der Waals surface area contributed by atoms with Crippen molar-refractivity contribution in [2.75, 3.05) is 6.26 Å². The Balaban J connectivity index is 0.00000220. The van der Waals surface area contributed by atoms with Crippen LogP contribution < -0.4 is 5.32 Å². The van der Waals surface area contributed by atoms with E-state index in [0.717, 1.165) is 23.4 Å². The maximum atomic E-state index is 10.2. The second-order valence-corrected chi connectivity index (χ2v) is 5.58. The molecule has 0 saturated heterocycles. The number of benzene rings is 1. The highest BCUT2D eigenvalue weighted by Gasteiger charge is 2.11. The van der Waals surface area contributed by atoms with Crippen LogP contribution in [0.15, 0.2) is 36.5 Å². The van der Waals surface area contributed by atoms with Crippen LogP contribution in [0.1, 0.15) is 22.4 Å². The Morgan fingerprint density at radius 1 is 1.14 bits per heavy atom. The number of halogens is 2. The number of aryl methyl sites for hydroxylation is 1. The van der Waals surface area contributed by atoms with E-state index in [9.17, 15) is 5.11 Å². The van der Waals surface area contributed by atoms with Gasteiger partial charge in [0.1, 0.15) is 5.75 Å². The molecular weight excluding hydrogens is 339 g/mol. The van der Waals surface area contributed by atoms with Gasteiger partial charge in [-0.2, -0.15) is 11.8 Å². The summed E-state index contributed by atoms with van der Waals surface area (Å²) >= 11 is 1.73. The van der Waals surface area contributed by atoms with Crippen molar-refractivity contribution in [1.29, 1.82) is 0 Å². The molecule has 0 radical (unpaired) electrons. The molecule has 0 fully saturated rings. The van der Waals surface area contributed by atoms with Crippen LogP contribution in [-0.2, 0) is 18.8 Å². The molecule has 1 aromatic heterocycles. The minimum Gasteiger partial charge on any atom is -0.506 e. The van der Waals surface area contributed by atoms with Gasteiger partial charge in [0, 0.05) is 30.6 Å². The molecule has 1 aromatic carbocycles. The summed E-state index contributed by atoms with van der Waals surface area (Å²) in [5.41, 5.74) is 3.99. The van der Waals surface area contributed by atoms with Crippen LogP contribution in [0.3, 0.4) is 0 Å². The number of pyridine rings is 1. The molecule has 0 aliphatic heterocycles. The summed E-state index contributed by atoms with van der Waals surface area (Å²) < 4.78 is 0. The van der Waals surface area contributed by atoms with Crippen LogP contribution >= 0.6 is 36.6 Å². The largest absolute Gasteiger partial charge is 0.506 e. The van der Waals surface area contributed by atoms with Crippen LogP contribution in [0.5, 0.6) is 5.75 Å². The summed E-state index contributed by atoms with van der Waals surface area (Å²) in [5.74, 6) is 1.18. The summed E-state index contributed by atoms with van der Waals surface area (Å²) in [6, 6.07) is 10.3. The molecule has 6 heteroatoms. The predicted octanol–water partition coefficient (Wildman–Crippen LogP) is 4.09. The molecule has 0 bridgehead atoms. The summed E-state index contributed by atoms with van der Waals surface area (Å²) in [6.07, 6.45) is 3.92. The number of nitrogens with zero attached hydrogens (tertiary/aromatic N) is 1. The third kappa shape index (κ3) is 5.69. The Bertz CT molecular complexity index is 568. The molecule has 22 heavy (non-hydrogen) atoms. The summed E-state index contributed by atoms with van der Waals surface area (Å²) in [6.45, 7) is 3.28. The molecule has 0 aliphatic carbocycles. The fraction of sp³-hybridized carbons (Fsp3) is 0.312. The number of hydrogen-bond donors (Lipinski definition) is 2. The van der Waals surface area contributed by atoms with Crippen LogP contribution in [-0.4, -0.2) is 16.3 Å². The van der Waals surface area contributed by atoms with Crippen molar-refractivity contribution in [3.05, 3.63) is 58.9 Å². The van der Waals surface area contributed by atoms with Gasteiger partial charge in [0.15, 0.2) is 0 Å². The van der Waals surface area contributed by atoms with Gasteiger partial charge in [-0.05, 0) is 24.3 Å². The topological polar surface area (TPSA) is 45.2 Å². The molecule has 0 spiro atoms. The molecule has 1 heterocycles. The second kappa shape index (κ2) is 10.7. The fourth-order valence-electron chi connectivity index (χ4n) is 2.09. The van der Waals surface area contributed by atoms with Gasteiger partial charge in [0.25, 0.3) is 0 Å². The lowest BCUT2D eigenvalue weighted by Crippen LogP contribution is -2.14. The number of aromatic nitrogens is 1. The van der Waals surface area contributed by atoms with Crippen molar-refractivity contribution in [2.45, 2.75) is 25.8 Å². The molecule has 0 saturated carbocycles.